The summed E-state index contributed by atoms with van der Waals surface area (Å²) in [5, 5.41) is 17.8. The molecule has 0 saturated heterocycles. The van der Waals surface area contributed by atoms with Crippen molar-refractivity contribution in [2.24, 2.45) is 0 Å². The van der Waals surface area contributed by atoms with Crippen molar-refractivity contribution in [2.75, 3.05) is 0 Å². The van der Waals surface area contributed by atoms with Crippen LogP contribution in [-0.4, -0.2) is 9.13 Å². The highest BCUT2D eigenvalue weighted by Gasteiger charge is 2.24. The highest BCUT2D eigenvalue weighted by Crippen LogP contribution is 2.44. The molecule has 0 amide bonds. The van der Waals surface area contributed by atoms with Crippen LogP contribution in [0.3, 0.4) is 0 Å². The summed E-state index contributed by atoms with van der Waals surface area (Å²) >= 11 is 0. The number of nitrogens with zero attached hydrogens (tertiary/aromatic N) is 3. The number of aryl methyl sites for hydroxylation is 1. The number of allylic oxidation sites excluding steroid dienone is 1. The van der Waals surface area contributed by atoms with E-state index in [1.165, 1.54) is 11.6 Å². The Labute approximate surface area is 312 Å². The van der Waals surface area contributed by atoms with Crippen molar-refractivity contribution in [3.05, 3.63) is 162 Å². The molecule has 0 spiro atoms. The molecule has 11 aromatic rings. The van der Waals surface area contributed by atoms with E-state index in [0.29, 0.717) is 5.56 Å². The van der Waals surface area contributed by atoms with Crippen molar-refractivity contribution in [3.63, 3.8) is 0 Å². The van der Waals surface area contributed by atoms with Gasteiger partial charge in [-0.2, -0.15) is 5.26 Å². The molecule has 0 fully saturated rings. The zero-order valence-electron chi connectivity index (χ0n) is 29.3. The van der Waals surface area contributed by atoms with Crippen molar-refractivity contribution >= 4 is 82.6 Å². The lowest BCUT2D eigenvalue weighted by Gasteiger charge is -2.16. The number of fused-ring (bicyclic) bond motifs is 14. The van der Waals surface area contributed by atoms with Crippen LogP contribution in [0.15, 0.2) is 148 Å². The van der Waals surface area contributed by atoms with Gasteiger partial charge in [-0.15, -0.1) is 0 Å². The van der Waals surface area contributed by atoms with E-state index in [1.54, 1.807) is 6.07 Å². The quantitative estimate of drug-likeness (QED) is 0.183. The summed E-state index contributed by atoms with van der Waals surface area (Å²) in [6, 6.07) is 46.8. The number of rotatable bonds is 3. The zero-order chi connectivity index (χ0) is 36.4. The van der Waals surface area contributed by atoms with Crippen LogP contribution >= 0.6 is 0 Å². The predicted octanol–water partition coefficient (Wildman–Crippen LogP) is 13.2. The van der Waals surface area contributed by atoms with Gasteiger partial charge in [0.2, 0.25) is 0 Å². The van der Waals surface area contributed by atoms with Gasteiger partial charge in [0.05, 0.1) is 38.7 Å². The monoisotopic (exact) mass is 709 g/mol. The van der Waals surface area contributed by atoms with Crippen LogP contribution in [0.2, 0.25) is 0 Å². The molecule has 0 unspecified atom stereocenters. The number of hydrogen-bond acceptors (Lipinski definition) is 3. The van der Waals surface area contributed by atoms with Gasteiger partial charge < -0.3 is 18.0 Å². The molecule has 258 valence electrons. The Morgan fingerprint density at radius 3 is 2.31 bits per heavy atom. The van der Waals surface area contributed by atoms with Crippen LogP contribution in [-0.2, 0) is 6.42 Å². The Morgan fingerprint density at radius 2 is 1.42 bits per heavy atom. The van der Waals surface area contributed by atoms with Crippen LogP contribution < -0.4 is 0 Å². The highest BCUT2D eigenvalue weighted by molar-refractivity contribution is 6.24. The summed E-state index contributed by atoms with van der Waals surface area (Å²) in [7, 11) is 0. The van der Waals surface area contributed by atoms with Gasteiger partial charge in [0, 0.05) is 49.1 Å². The number of aromatic nitrogens is 2. The van der Waals surface area contributed by atoms with Crippen molar-refractivity contribution in [1.82, 2.24) is 9.13 Å². The summed E-state index contributed by atoms with van der Waals surface area (Å²) in [5.41, 5.74) is 11.8. The Balaban J connectivity index is 1.10. The fourth-order valence-corrected chi connectivity index (χ4v) is 9.18. The molecular weight excluding hydrogens is 682 g/mol. The maximum absolute atomic E-state index is 14.8. The molecule has 12 rings (SSSR count). The number of para-hydroxylation sites is 3. The molecule has 1 aliphatic carbocycles. The summed E-state index contributed by atoms with van der Waals surface area (Å²) < 4.78 is 32.2. The molecule has 0 N–H and O–H groups in total. The molecule has 0 saturated carbocycles. The number of benzene rings is 7. The lowest BCUT2D eigenvalue weighted by Crippen LogP contribution is -2.01. The van der Waals surface area contributed by atoms with Crippen molar-refractivity contribution in [1.29, 1.82) is 5.26 Å². The van der Waals surface area contributed by atoms with Crippen molar-refractivity contribution < 1.29 is 13.2 Å². The molecule has 0 aliphatic heterocycles. The number of furan rings is 2. The Bertz CT molecular complexity index is 3510. The zero-order valence-corrected chi connectivity index (χ0v) is 29.3. The van der Waals surface area contributed by atoms with E-state index in [2.05, 4.69) is 94.1 Å². The van der Waals surface area contributed by atoms with Crippen LogP contribution in [0.25, 0.3) is 105 Å². The lowest BCUT2D eigenvalue weighted by atomic mass is 9.99. The molecule has 55 heavy (non-hydrogen) atoms. The minimum atomic E-state index is -0.268. The minimum Gasteiger partial charge on any atom is -0.456 e. The van der Waals surface area contributed by atoms with Gasteiger partial charge in [-0.05, 0) is 97.3 Å². The van der Waals surface area contributed by atoms with E-state index in [0.717, 1.165) is 118 Å². The third-order valence-electron chi connectivity index (χ3n) is 11.5. The number of halogens is 1. The molecule has 4 aromatic heterocycles. The second kappa shape index (κ2) is 11.1. The normalized spacial score (nSPS) is 12.9. The second-order valence-corrected chi connectivity index (χ2v) is 14.4. The Kier molecular flexibility index (Phi) is 6.07. The fourth-order valence-electron chi connectivity index (χ4n) is 9.18. The van der Waals surface area contributed by atoms with Gasteiger partial charge in [-0.3, -0.25) is 0 Å². The first-order chi connectivity index (χ1) is 27.2. The van der Waals surface area contributed by atoms with E-state index in [9.17, 15) is 9.65 Å². The first-order valence-corrected chi connectivity index (χ1v) is 18.5. The molecule has 0 atom stereocenters. The third kappa shape index (κ3) is 4.10. The van der Waals surface area contributed by atoms with E-state index in [4.69, 9.17) is 8.83 Å². The van der Waals surface area contributed by atoms with E-state index in [-0.39, 0.29) is 5.82 Å². The Hall–Kier alpha value is -7.36. The maximum atomic E-state index is 14.8. The number of nitriles is 1. The van der Waals surface area contributed by atoms with Gasteiger partial charge >= 0.3 is 0 Å². The lowest BCUT2D eigenvalue weighted by molar-refractivity contribution is 0.595. The van der Waals surface area contributed by atoms with Gasteiger partial charge in [-0.25, -0.2) is 4.39 Å². The van der Waals surface area contributed by atoms with Gasteiger partial charge in [0.15, 0.2) is 0 Å². The van der Waals surface area contributed by atoms with Crippen LogP contribution in [0.1, 0.15) is 23.3 Å². The molecule has 7 aromatic carbocycles. The topological polar surface area (TPSA) is 59.9 Å². The molecule has 6 heteroatoms. The molecule has 4 heterocycles. The summed E-state index contributed by atoms with van der Waals surface area (Å²) in [6.45, 7) is 0. The first kappa shape index (κ1) is 30.1. The second-order valence-electron chi connectivity index (χ2n) is 14.4. The molecule has 0 bridgehead atoms. The SMILES string of the molecule is N#Cc1cccc(-c2ccc(-n3c4ccc(F)cc4c4ccc5oc6c(c5c43)CCC=C6)cc2)c1-n1c2ccccc2c2c3oc4ccccc4c3ccc21. The summed E-state index contributed by atoms with van der Waals surface area (Å²) in [4.78, 5) is 0. The first-order valence-electron chi connectivity index (χ1n) is 18.5. The fraction of sp³-hybridized carbons (Fsp3) is 0.0408. The number of hydrogen-bond donors (Lipinski definition) is 0. The molecule has 0 radical (unpaired) electrons. The average molecular weight is 710 g/mol. The largest absolute Gasteiger partial charge is 0.456 e. The molecule has 5 nitrogen and oxygen atoms in total. The average Bonchev–Trinajstić information content (AvgIpc) is 3.98. The van der Waals surface area contributed by atoms with E-state index in [1.807, 2.05) is 54.6 Å². The third-order valence-corrected chi connectivity index (χ3v) is 11.5. The van der Waals surface area contributed by atoms with Crippen LogP contribution in [0.5, 0.6) is 0 Å². The molecule has 1 aliphatic rings. The maximum Gasteiger partial charge on any atom is 0.145 e. The van der Waals surface area contributed by atoms with Crippen molar-refractivity contribution in [2.45, 2.75) is 12.8 Å². The minimum absolute atomic E-state index is 0.268. The highest BCUT2D eigenvalue weighted by atomic mass is 19.1. The van der Waals surface area contributed by atoms with E-state index < -0.39 is 0 Å². The van der Waals surface area contributed by atoms with Gasteiger partial charge in [0.1, 0.15) is 34.4 Å². The summed E-state index contributed by atoms with van der Waals surface area (Å²) in [5.74, 6) is 0.623. The van der Waals surface area contributed by atoms with E-state index >= 15 is 0 Å². The van der Waals surface area contributed by atoms with Crippen LogP contribution in [0, 0.1) is 17.1 Å². The van der Waals surface area contributed by atoms with Crippen LogP contribution in [0.4, 0.5) is 4.39 Å². The predicted molar refractivity (Wildman–Crippen MR) is 220 cm³/mol. The summed E-state index contributed by atoms with van der Waals surface area (Å²) in [6.07, 6.45) is 6.05. The standard InChI is InChI=1S/C49H28FN3O2/c50-30-18-23-40-38(26-30)34-22-25-44-46(37-11-3-6-15-43(37)54-44)48(34)52(40)31-19-16-28(17-20-31)32-12-7-8-29(27-51)47(32)53-39-13-4-1-10-36(39)45-41(53)24-21-35-33-9-2-5-14-42(33)55-49(35)45/h1-2,4-10,12-26H,3,11H2. The van der Waals surface area contributed by atoms with Gasteiger partial charge in [0.25, 0.3) is 0 Å². The van der Waals surface area contributed by atoms with Gasteiger partial charge in [-0.1, -0.05) is 66.7 Å². The van der Waals surface area contributed by atoms with Crippen molar-refractivity contribution in [3.8, 4) is 28.6 Å². The smallest absolute Gasteiger partial charge is 0.145 e. The molecular formula is C49H28FN3O2. The Morgan fingerprint density at radius 1 is 0.618 bits per heavy atom.